The van der Waals surface area contributed by atoms with Crippen LogP contribution in [-0.2, 0) is 16.0 Å². The molecule has 1 aromatic rings. The van der Waals surface area contributed by atoms with Gasteiger partial charge >= 0.3 is 0 Å². The Kier molecular flexibility index (Phi) is 10.2. The van der Waals surface area contributed by atoms with Crippen molar-refractivity contribution in [3.05, 3.63) is 35.9 Å². The fourth-order valence-electron chi connectivity index (χ4n) is 4.17. The molecule has 1 N–H and O–H groups in total. The first-order chi connectivity index (χ1) is 13.2. The Hall–Kier alpha value is -1.64. The van der Waals surface area contributed by atoms with E-state index in [-0.39, 0.29) is 5.91 Å². The number of ketones is 1. The molecule has 0 radical (unpaired) electrons. The number of unbranched alkanes of at least 4 members (excludes halogenated alkanes) is 3. The van der Waals surface area contributed by atoms with E-state index >= 15 is 0 Å². The maximum Gasteiger partial charge on any atom is 0.220 e. The lowest BCUT2D eigenvalue weighted by Gasteiger charge is -2.27. The van der Waals surface area contributed by atoms with Crippen molar-refractivity contribution < 1.29 is 9.59 Å². The number of aryl methyl sites for hydroxylation is 1. The average Bonchev–Trinajstić information content (AvgIpc) is 2.72. The third kappa shape index (κ3) is 8.73. The molecule has 3 heteroatoms. The van der Waals surface area contributed by atoms with E-state index in [2.05, 4.69) is 35.6 Å². The Morgan fingerprint density at radius 1 is 0.963 bits per heavy atom. The normalized spacial score (nSPS) is 19.6. The van der Waals surface area contributed by atoms with Crippen molar-refractivity contribution in [1.82, 2.24) is 5.32 Å². The van der Waals surface area contributed by atoms with Crippen LogP contribution in [-0.4, -0.2) is 18.2 Å². The van der Waals surface area contributed by atoms with Gasteiger partial charge in [-0.2, -0.15) is 0 Å². The molecule has 0 aromatic heterocycles. The Bertz CT molecular complexity index is 547. The van der Waals surface area contributed by atoms with E-state index in [0.29, 0.717) is 30.5 Å². The van der Waals surface area contributed by atoms with Crippen LogP contribution in [0.25, 0.3) is 0 Å². The zero-order chi connectivity index (χ0) is 19.3. The third-order valence-electron chi connectivity index (χ3n) is 5.99. The van der Waals surface area contributed by atoms with Gasteiger partial charge in [0.05, 0.1) is 0 Å². The van der Waals surface area contributed by atoms with E-state index in [1.165, 1.54) is 24.8 Å². The van der Waals surface area contributed by atoms with E-state index in [4.69, 9.17) is 0 Å². The topological polar surface area (TPSA) is 46.2 Å². The number of Topliss-reactive ketones (excluding diaryl/α,β-unsaturated/α-hetero) is 1. The maximum absolute atomic E-state index is 12.0. The number of carbonyl (C=O) groups is 2. The van der Waals surface area contributed by atoms with Gasteiger partial charge in [-0.05, 0) is 62.8 Å². The molecule has 1 aliphatic carbocycles. The van der Waals surface area contributed by atoms with Crippen molar-refractivity contribution >= 4 is 11.7 Å². The molecule has 0 heterocycles. The molecule has 1 fully saturated rings. The Labute approximate surface area is 165 Å². The van der Waals surface area contributed by atoms with Crippen LogP contribution in [0.3, 0.4) is 0 Å². The first kappa shape index (κ1) is 21.7. The molecule has 0 saturated heterocycles. The summed E-state index contributed by atoms with van der Waals surface area (Å²) >= 11 is 0. The van der Waals surface area contributed by atoms with Gasteiger partial charge in [0.1, 0.15) is 5.78 Å². The monoisotopic (exact) mass is 371 g/mol. The van der Waals surface area contributed by atoms with Gasteiger partial charge in [-0.15, -0.1) is 0 Å². The zero-order valence-corrected chi connectivity index (χ0v) is 17.1. The van der Waals surface area contributed by atoms with Crippen molar-refractivity contribution in [3.63, 3.8) is 0 Å². The second-order valence-electron chi connectivity index (χ2n) is 8.08. The zero-order valence-electron chi connectivity index (χ0n) is 17.1. The number of nitrogens with one attached hydrogen (secondary N) is 1. The van der Waals surface area contributed by atoms with Crippen LogP contribution < -0.4 is 5.32 Å². The molecule has 0 unspecified atom stereocenters. The molecule has 1 amide bonds. The molecule has 1 aromatic carbocycles. The van der Waals surface area contributed by atoms with Gasteiger partial charge in [-0.1, -0.05) is 50.1 Å². The van der Waals surface area contributed by atoms with Crippen LogP contribution in [0.4, 0.5) is 0 Å². The van der Waals surface area contributed by atoms with Gasteiger partial charge in [0.15, 0.2) is 0 Å². The number of carbonyl (C=O) groups excluding carboxylic acids is 2. The molecule has 3 nitrogen and oxygen atoms in total. The molecular weight excluding hydrogens is 334 g/mol. The van der Waals surface area contributed by atoms with E-state index in [1.54, 1.807) is 0 Å². The van der Waals surface area contributed by atoms with E-state index in [0.717, 1.165) is 51.5 Å². The van der Waals surface area contributed by atoms with Gasteiger partial charge in [0.25, 0.3) is 0 Å². The summed E-state index contributed by atoms with van der Waals surface area (Å²) in [5.74, 6) is 1.55. The van der Waals surface area contributed by atoms with E-state index in [1.807, 2.05) is 6.92 Å². The molecule has 0 aliphatic heterocycles. The fourth-order valence-corrected chi connectivity index (χ4v) is 4.17. The van der Waals surface area contributed by atoms with E-state index < -0.39 is 0 Å². The Balaban J connectivity index is 1.43. The smallest absolute Gasteiger partial charge is 0.220 e. The molecular formula is C24H37NO2. The second kappa shape index (κ2) is 12.7. The highest BCUT2D eigenvalue weighted by Crippen LogP contribution is 2.32. The highest BCUT2D eigenvalue weighted by Gasteiger charge is 2.25. The van der Waals surface area contributed by atoms with E-state index in [9.17, 15) is 9.59 Å². The molecule has 0 atom stereocenters. The summed E-state index contributed by atoms with van der Waals surface area (Å²) in [6.07, 6.45) is 12.4. The third-order valence-corrected chi connectivity index (χ3v) is 5.99. The van der Waals surface area contributed by atoms with Crippen LogP contribution >= 0.6 is 0 Å². The highest BCUT2D eigenvalue weighted by atomic mass is 16.1. The summed E-state index contributed by atoms with van der Waals surface area (Å²) in [7, 11) is 0. The van der Waals surface area contributed by atoms with Crippen molar-refractivity contribution in [2.45, 2.75) is 84.0 Å². The summed E-state index contributed by atoms with van der Waals surface area (Å²) in [6, 6.07) is 10.6. The van der Waals surface area contributed by atoms with Gasteiger partial charge in [-0.25, -0.2) is 0 Å². The predicted octanol–water partition coefficient (Wildman–Crippen LogP) is 5.47. The lowest BCUT2D eigenvalue weighted by atomic mass is 9.78. The summed E-state index contributed by atoms with van der Waals surface area (Å²) in [5.41, 5.74) is 1.42. The molecule has 0 spiro atoms. The number of amides is 1. The fraction of sp³-hybridized carbons (Fsp3) is 0.667. The standard InChI is InChI=1S/C24H37NO2/c1-2-23(26)22-16-13-21(14-17-22)15-18-24(27)25-19-9-4-3-6-10-20-11-7-5-8-12-20/h5,7-8,11-12,21-22H,2-4,6,9-10,13-19H2,1H3,(H,25,27). The van der Waals surface area contributed by atoms with Gasteiger partial charge in [0, 0.05) is 25.3 Å². The largest absolute Gasteiger partial charge is 0.356 e. The van der Waals surface area contributed by atoms with Crippen molar-refractivity contribution in [2.75, 3.05) is 6.54 Å². The Morgan fingerprint density at radius 3 is 2.37 bits per heavy atom. The molecule has 150 valence electrons. The average molecular weight is 372 g/mol. The summed E-state index contributed by atoms with van der Waals surface area (Å²) in [5, 5.41) is 3.07. The SMILES string of the molecule is CCC(=O)C1CCC(CCC(=O)NCCCCCCc2ccccc2)CC1. The van der Waals surface area contributed by atoms with Gasteiger partial charge in [0.2, 0.25) is 5.91 Å². The summed E-state index contributed by atoms with van der Waals surface area (Å²) in [6.45, 7) is 2.77. The minimum absolute atomic E-state index is 0.200. The second-order valence-corrected chi connectivity index (χ2v) is 8.08. The van der Waals surface area contributed by atoms with Crippen molar-refractivity contribution in [2.24, 2.45) is 11.8 Å². The first-order valence-corrected chi connectivity index (χ1v) is 11.0. The lowest BCUT2D eigenvalue weighted by Crippen LogP contribution is -2.26. The summed E-state index contributed by atoms with van der Waals surface area (Å²) in [4.78, 5) is 23.8. The molecule has 1 saturated carbocycles. The molecule has 1 aliphatic rings. The molecule has 2 rings (SSSR count). The minimum Gasteiger partial charge on any atom is -0.356 e. The van der Waals surface area contributed by atoms with Crippen molar-refractivity contribution in [3.8, 4) is 0 Å². The van der Waals surface area contributed by atoms with Crippen LogP contribution in [0.5, 0.6) is 0 Å². The minimum atomic E-state index is 0.200. The van der Waals surface area contributed by atoms with Crippen LogP contribution in [0.1, 0.15) is 83.1 Å². The van der Waals surface area contributed by atoms with Gasteiger partial charge < -0.3 is 5.32 Å². The highest BCUT2D eigenvalue weighted by molar-refractivity contribution is 5.80. The number of benzene rings is 1. The predicted molar refractivity (Wildman–Crippen MR) is 112 cm³/mol. The van der Waals surface area contributed by atoms with Crippen molar-refractivity contribution in [1.29, 1.82) is 0 Å². The van der Waals surface area contributed by atoms with Gasteiger partial charge in [-0.3, -0.25) is 9.59 Å². The number of hydrogen-bond acceptors (Lipinski definition) is 2. The van der Waals surface area contributed by atoms with Crippen LogP contribution in [0.15, 0.2) is 30.3 Å². The number of rotatable bonds is 12. The molecule has 0 bridgehead atoms. The van der Waals surface area contributed by atoms with Crippen LogP contribution in [0, 0.1) is 11.8 Å². The maximum atomic E-state index is 12.0. The Morgan fingerprint density at radius 2 is 1.67 bits per heavy atom. The first-order valence-electron chi connectivity index (χ1n) is 11.0. The number of hydrogen-bond donors (Lipinski definition) is 1. The molecule has 27 heavy (non-hydrogen) atoms. The van der Waals surface area contributed by atoms with Crippen LogP contribution in [0.2, 0.25) is 0 Å². The lowest BCUT2D eigenvalue weighted by molar-refractivity contribution is -0.124. The summed E-state index contributed by atoms with van der Waals surface area (Å²) < 4.78 is 0. The quantitative estimate of drug-likeness (QED) is 0.495.